The lowest BCUT2D eigenvalue weighted by molar-refractivity contribution is -0.927. The van der Waals surface area contributed by atoms with Gasteiger partial charge in [0, 0.05) is 25.0 Å². The zero-order valence-corrected chi connectivity index (χ0v) is 13.0. The predicted molar refractivity (Wildman–Crippen MR) is 65.4 cm³/mol. The molecule has 0 bridgehead atoms. The van der Waals surface area contributed by atoms with Crippen molar-refractivity contribution >= 4 is 5.97 Å². The van der Waals surface area contributed by atoms with Gasteiger partial charge in [-0.05, 0) is 6.92 Å². The molecule has 0 fully saturated rings. The normalized spacial score (nSPS) is 12.4. The summed E-state index contributed by atoms with van der Waals surface area (Å²) in [4.78, 5) is 19.6. The van der Waals surface area contributed by atoms with E-state index in [0.717, 1.165) is 5.69 Å². The van der Waals surface area contributed by atoms with Gasteiger partial charge < -0.3 is 26.8 Å². The predicted octanol–water partition coefficient (Wildman–Crippen LogP) is -3.02. The van der Waals surface area contributed by atoms with Crippen LogP contribution in [0.15, 0.2) is 18.6 Å². The maximum Gasteiger partial charge on any atom is 0.394 e. The molecule has 7 heteroatoms. The topological polar surface area (TPSA) is 72.3 Å². The van der Waals surface area contributed by atoms with E-state index in [1.807, 2.05) is 0 Å². The zero-order valence-electron chi connectivity index (χ0n) is 11.4. The van der Waals surface area contributed by atoms with Crippen LogP contribution in [0.3, 0.4) is 0 Å². The third-order valence-electron chi connectivity index (χ3n) is 2.72. The van der Waals surface area contributed by atoms with Crippen molar-refractivity contribution in [1.29, 1.82) is 0 Å². The summed E-state index contributed by atoms with van der Waals surface area (Å²) in [5.74, 6) is -0.596. The smallest absolute Gasteiger partial charge is 0.394 e. The van der Waals surface area contributed by atoms with E-state index in [1.54, 1.807) is 39.6 Å². The van der Waals surface area contributed by atoms with E-state index in [1.165, 1.54) is 0 Å². The highest BCUT2D eigenvalue weighted by molar-refractivity contribution is 5.72. The number of hydrogen-bond donors (Lipinski definition) is 1. The van der Waals surface area contributed by atoms with Crippen LogP contribution in [0.1, 0.15) is 12.6 Å². The number of ether oxygens (including phenoxy) is 1. The minimum Gasteiger partial charge on any atom is -1.00 e. The second-order valence-corrected chi connectivity index (χ2v) is 4.57. The second-order valence-electron chi connectivity index (χ2n) is 4.57. The molecule has 0 aromatic carbocycles. The van der Waals surface area contributed by atoms with Crippen molar-refractivity contribution in [3.63, 3.8) is 0 Å². The Morgan fingerprint density at radius 3 is 2.68 bits per heavy atom. The Labute approximate surface area is 123 Å². The van der Waals surface area contributed by atoms with E-state index in [2.05, 4.69) is 9.97 Å². The van der Waals surface area contributed by atoms with E-state index in [4.69, 9.17) is 4.74 Å². The minimum atomic E-state index is -1.18. The summed E-state index contributed by atoms with van der Waals surface area (Å²) in [5, 5.41) is 9.92. The maximum absolute atomic E-state index is 11.5. The Hall–Kier alpha value is -1.05. The molecule has 108 valence electrons. The number of nitrogens with zero attached hydrogens (tertiary/aromatic N) is 3. The molecule has 0 radical (unpaired) electrons. The van der Waals surface area contributed by atoms with E-state index in [0.29, 0.717) is 13.0 Å². The van der Waals surface area contributed by atoms with Gasteiger partial charge in [0.1, 0.15) is 0 Å². The van der Waals surface area contributed by atoms with Crippen LogP contribution in [0.2, 0.25) is 0 Å². The number of hydrogen-bond acceptors (Lipinski definition) is 5. The summed E-state index contributed by atoms with van der Waals surface area (Å²) < 4.78 is 4.94. The molecule has 6 nitrogen and oxygen atoms in total. The summed E-state index contributed by atoms with van der Waals surface area (Å²) in [6.45, 7) is 2.54. The van der Waals surface area contributed by atoms with Crippen LogP contribution in [-0.4, -0.2) is 59.0 Å². The standard InChI is InChI=1S/C12H20N3O3.BrH/c1-4-18-12(17)11(16)15(2,3)8-5-10-9-13-6-7-14-10;/h6-7,9,11,16H,4-5,8H2,1-3H3;1H/q+1;/p-1. The molecule has 0 saturated carbocycles. The van der Waals surface area contributed by atoms with Crippen molar-refractivity contribution in [1.82, 2.24) is 9.97 Å². The fraction of sp³-hybridized carbons (Fsp3) is 0.583. The molecule has 0 saturated heterocycles. The van der Waals surface area contributed by atoms with Gasteiger partial charge in [-0.1, -0.05) is 0 Å². The Morgan fingerprint density at radius 1 is 1.47 bits per heavy atom. The first-order valence-corrected chi connectivity index (χ1v) is 5.89. The van der Waals surface area contributed by atoms with Gasteiger partial charge in [0.25, 0.3) is 6.23 Å². The summed E-state index contributed by atoms with van der Waals surface area (Å²) >= 11 is 0. The average Bonchev–Trinajstić information content (AvgIpc) is 2.37. The molecular formula is C12H20BrN3O3. The number of esters is 1. The molecular weight excluding hydrogens is 314 g/mol. The Morgan fingerprint density at radius 2 is 2.16 bits per heavy atom. The zero-order chi connectivity index (χ0) is 13.6. The first kappa shape index (κ1) is 17.9. The lowest BCUT2D eigenvalue weighted by atomic mass is 10.2. The highest BCUT2D eigenvalue weighted by atomic mass is 79.9. The molecule has 1 N–H and O–H groups in total. The van der Waals surface area contributed by atoms with Crippen LogP contribution in [-0.2, 0) is 16.0 Å². The van der Waals surface area contributed by atoms with Crippen molar-refractivity contribution in [2.75, 3.05) is 27.2 Å². The van der Waals surface area contributed by atoms with Gasteiger partial charge in [0.05, 0.1) is 32.9 Å². The highest BCUT2D eigenvalue weighted by Gasteiger charge is 2.33. The third-order valence-corrected chi connectivity index (χ3v) is 2.72. The van der Waals surface area contributed by atoms with Crippen LogP contribution in [0.5, 0.6) is 0 Å². The molecule has 1 unspecified atom stereocenters. The summed E-state index contributed by atoms with van der Waals surface area (Å²) in [5.41, 5.74) is 0.833. The van der Waals surface area contributed by atoms with Crippen LogP contribution >= 0.6 is 0 Å². The quantitative estimate of drug-likeness (QED) is 0.341. The van der Waals surface area contributed by atoms with Gasteiger partial charge in [0.2, 0.25) is 0 Å². The van der Waals surface area contributed by atoms with Crippen molar-refractivity contribution in [3.05, 3.63) is 24.3 Å². The molecule has 19 heavy (non-hydrogen) atoms. The number of aliphatic hydroxyl groups excluding tert-OH is 1. The summed E-state index contributed by atoms with van der Waals surface area (Å²) in [7, 11) is 3.55. The Kier molecular flexibility index (Phi) is 7.73. The molecule has 1 atom stereocenters. The average molecular weight is 334 g/mol. The molecule has 1 rings (SSSR count). The van der Waals surface area contributed by atoms with Crippen LogP contribution in [0.4, 0.5) is 0 Å². The first-order valence-electron chi connectivity index (χ1n) is 5.89. The number of carbonyl (C=O) groups excluding carboxylic acids is 1. The second kappa shape index (κ2) is 8.19. The lowest BCUT2D eigenvalue weighted by Crippen LogP contribution is -3.00. The maximum atomic E-state index is 11.5. The van der Waals surface area contributed by atoms with Crippen molar-refractivity contribution in [2.24, 2.45) is 0 Å². The van der Waals surface area contributed by atoms with Crippen molar-refractivity contribution < 1.29 is 36.1 Å². The number of likely N-dealkylation sites (N-methyl/N-ethyl adjacent to an activating group) is 1. The number of aliphatic hydroxyl groups is 1. The van der Waals surface area contributed by atoms with Crippen LogP contribution in [0, 0.1) is 0 Å². The number of quaternary nitrogens is 1. The fourth-order valence-electron chi connectivity index (χ4n) is 1.49. The number of carbonyl (C=O) groups is 1. The lowest BCUT2D eigenvalue weighted by Gasteiger charge is -2.32. The van der Waals surface area contributed by atoms with Crippen LogP contribution in [0.25, 0.3) is 0 Å². The number of aromatic nitrogens is 2. The first-order chi connectivity index (χ1) is 8.47. The van der Waals surface area contributed by atoms with E-state index < -0.39 is 12.2 Å². The van der Waals surface area contributed by atoms with Gasteiger partial charge in [0.15, 0.2) is 0 Å². The van der Waals surface area contributed by atoms with E-state index in [-0.39, 0.29) is 28.1 Å². The van der Waals surface area contributed by atoms with Crippen molar-refractivity contribution in [2.45, 2.75) is 19.6 Å². The van der Waals surface area contributed by atoms with Crippen molar-refractivity contribution in [3.8, 4) is 0 Å². The van der Waals surface area contributed by atoms with Gasteiger partial charge >= 0.3 is 5.97 Å². The third kappa shape index (κ3) is 5.63. The molecule has 0 aliphatic carbocycles. The summed E-state index contributed by atoms with van der Waals surface area (Å²) in [6, 6.07) is 0. The van der Waals surface area contributed by atoms with Crippen LogP contribution < -0.4 is 17.0 Å². The highest BCUT2D eigenvalue weighted by Crippen LogP contribution is 2.08. The van der Waals surface area contributed by atoms with Gasteiger partial charge in [-0.25, -0.2) is 4.79 Å². The van der Waals surface area contributed by atoms with Gasteiger partial charge in [-0.15, -0.1) is 0 Å². The molecule has 1 heterocycles. The number of halogens is 1. The summed E-state index contributed by atoms with van der Waals surface area (Å²) in [6.07, 6.45) is 4.36. The van der Waals surface area contributed by atoms with Gasteiger partial charge in [-0.2, -0.15) is 0 Å². The Balaban J connectivity index is 0.00000324. The largest absolute Gasteiger partial charge is 1.00 e. The molecule has 0 aliphatic heterocycles. The van der Waals surface area contributed by atoms with E-state index >= 15 is 0 Å². The Bertz CT molecular complexity index is 387. The minimum absolute atomic E-state index is 0. The molecule has 1 aromatic rings. The molecule has 0 amide bonds. The molecule has 1 aromatic heterocycles. The SMILES string of the molecule is CCOC(=O)C(O)[N+](C)(C)CCc1cnccn1.[Br-]. The van der Waals surface area contributed by atoms with Gasteiger partial charge in [-0.3, -0.25) is 14.5 Å². The number of rotatable bonds is 6. The van der Waals surface area contributed by atoms with E-state index in [9.17, 15) is 9.90 Å². The molecule has 0 spiro atoms. The monoisotopic (exact) mass is 333 g/mol. The fourth-order valence-corrected chi connectivity index (χ4v) is 1.49. The molecule has 0 aliphatic rings.